The van der Waals surface area contributed by atoms with Gasteiger partial charge in [-0.25, -0.2) is 9.78 Å². The number of hydrogen-bond donors (Lipinski definition) is 1. The van der Waals surface area contributed by atoms with Crippen molar-refractivity contribution >= 4 is 50.0 Å². The van der Waals surface area contributed by atoms with E-state index >= 15 is 0 Å². The first-order valence-electron chi connectivity index (χ1n) is 7.99. The van der Waals surface area contributed by atoms with Crippen molar-refractivity contribution in [2.24, 2.45) is 0 Å². The molecular formula is C16H20N3O6S2-. The monoisotopic (exact) mass is 414 g/mol. The number of nitrogens with zero attached hydrogens (tertiary/aromatic N) is 3. The largest absolute Gasteiger partial charge is 0.755 e. The number of ether oxygens (including phenoxy) is 1. The van der Waals surface area contributed by atoms with Crippen LogP contribution in [0.1, 0.15) is 20.8 Å². The predicted octanol–water partition coefficient (Wildman–Crippen LogP) is 2.22. The zero-order valence-corrected chi connectivity index (χ0v) is 16.7. The topological polar surface area (TPSA) is 123 Å². The van der Waals surface area contributed by atoms with Crippen molar-refractivity contribution in [3.63, 3.8) is 0 Å². The van der Waals surface area contributed by atoms with E-state index in [9.17, 15) is 18.4 Å². The number of carbonyl (C=O) groups is 2. The van der Waals surface area contributed by atoms with Gasteiger partial charge in [0.2, 0.25) is 0 Å². The number of hydrogen-bond acceptors (Lipinski definition) is 7. The fraction of sp³-hybridized carbons (Fsp3) is 0.438. The van der Waals surface area contributed by atoms with Gasteiger partial charge in [0.15, 0.2) is 5.13 Å². The molecule has 1 aromatic heterocycles. The highest BCUT2D eigenvalue weighted by Crippen LogP contribution is 2.29. The van der Waals surface area contributed by atoms with Crippen LogP contribution in [-0.4, -0.2) is 61.0 Å². The van der Waals surface area contributed by atoms with E-state index in [4.69, 9.17) is 9.84 Å². The molecular weight excluding hydrogens is 394 g/mol. The fourth-order valence-corrected chi connectivity index (χ4v) is 3.73. The number of carboxylic acids is 1. The lowest BCUT2D eigenvalue weighted by atomic mass is 10.2. The van der Waals surface area contributed by atoms with Crippen molar-refractivity contribution < 1.29 is 28.2 Å². The average Bonchev–Trinajstić information content (AvgIpc) is 2.95. The number of anilines is 1. The number of aromatic nitrogens is 1. The normalized spacial score (nSPS) is 12.6. The van der Waals surface area contributed by atoms with Gasteiger partial charge in [-0.2, -0.15) is 0 Å². The fourth-order valence-electron chi connectivity index (χ4n) is 2.14. The number of benzene rings is 1. The molecule has 1 N–H and O–H groups in total. The SMILES string of the molecule is CC(C)(C)OC(=O)N(CCN(c1nc2ccccc2s1)S(=O)[O-])CC(=O)O. The van der Waals surface area contributed by atoms with Gasteiger partial charge in [-0.15, -0.1) is 0 Å². The van der Waals surface area contributed by atoms with Crippen molar-refractivity contribution in [3.8, 4) is 0 Å². The third-order valence-electron chi connectivity index (χ3n) is 3.23. The Bertz CT molecular complexity index is 815. The van der Waals surface area contributed by atoms with Crippen LogP contribution in [0, 0.1) is 0 Å². The summed E-state index contributed by atoms with van der Waals surface area (Å²) in [5.41, 5.74) is -0.149. The van der Waals surface area contributed by atoms with Crippen molar-refractivity contribution in [1.29, 1.82) is 0 Å². The van der Waals surface area contributed by atoms with E-state index in [1.165, 1.54) is 11.3 Å². The van der Waals surface area contributed by atoms with Gasteiger partial charge in [0.05, 0.1) is 16.8 Å². The maximum Gasteiger partial charge on any atom is 0.410 e. The standard InChI is InChI=1S/C16H21N3O6S2/c1-16(2,3)25-15(22)18(10-13(20)21)8-9-19(27(23)24)14-17-11-6-4-5-7-12(11)26-14/h4-7H,8-10H2,1-3H3,(H,20,21)(H,23,24)/p-1. The van der Waals surface area contributed by atoms with Crippen molar-refractivity contribution in [1.82, 2.24) is 9.88 Å². The third-order valence-corrected chi connectivity index (χ3v) is 5.12. The first-order valence-corrected chi connectivity index (χ1v) is 9.84. The lowest BCUT2D eigenvalue weighted by Crippen LogP contribution is -2.44. The number of rotatable bonds is 7. The molecule has 148 valence electrons. The Morgan fingerprint density at radius 2 is 1.96 bits per heavy atom. The summed E-state index contributed by atoms with van der Waals surface area (Å²) in [5.74, 6) is -1.23. The molecule has 9 nitrogen and oxygen atoms in total. The Morgan fingerprint density at radius 1 is 1.30 bits per heavy atom. The summed E-state index contributed by atoms with van der Waals surface area (Å²) in [6.07, 6.45) is -0.828. The second-order valence-corrected chi connectivity index (χ2v) is 8.46. The van der Waals surface area contributed by atoms with Gasteiger partial charge in [-0.05, 0) is 32.9 Å². The molecule has 0 aliphatic carbocycles. The van der Waals surface area contributed by atoms with Crippen LogP contribution in [0.5, 0.6) is 0 Å². The van der Waals surface area contributed by atoms with Crippen LogP contribution in [0.2, 0.25) is 0 Å². The van der Waals surface area contributed by atoms with Crippen LogP contribution < -0.4 is 4.31 Å². The molecule has 0 spiro atoms. The number of thiazole rings is 1. The van der Waals surface area contributed by atoms with Crippen LogP contribution >= 0.6 is 11.3 Å². The van der Waals surface area contributed by atoms with Gasteiger partial charge in [-0.1, -0.05) is 23.5 Å². The average molecular weight is 414 g/mol. The zero-order valence-electron chi connectivity index (χ0n) is 15.1. The molecule has 0 bridgehead atoms. The molecule has 1 heterocycles. The van der Waals surface area contributed by atoms with Gasteiger partial charge in [-0.3, -0.25) is 18.2 Å². The van der Waals surface area contributed by atoms with E-state index < -0.39 is 35.5 Å². The Labute approximate surface area is 163 Å². The molecule has 0 aliphatic heterocycles. The maximum absolute atomic E-state index is 12.2. The van der Waals surface area contributed by atoms with Gasteiger partial charge < -0.3 is 14.4 Å². The number of carbonyl (C=O) groups excluding carboxylic acids is 1. The highest BCUT2D eigenvalue weighted by atomic mass is 32.2. The van der Waals surface area contributed by atoms with Crippen LogP contribution in [0.3, 0.4) is 0 Å². The summed E-state index contributed by atoms with van der Waals surface area (Å²) in [7, 11) is 0. The van der Waals surface area contributed by atoms with Gasteiger partial charge in [0.25, 0.3) is 0 Å². The molecule has 2 aromatic rings. The minimum absolute atomic E-state index is 0.150. The summed E-state index contributed by atoms with van der Waals surface area (Å²) in [6, 6.07) is 7.19. The molecule has 11 heteroatoms. The summed E-state index contributed by atoms with van der Waals surface area (Å²) in [5, 5.41) is 9.26. The molecule has 1 atom stereocenters. The predicted molar refractivity (Wildman–Crippen MR) is 101 cm³/mol. The van der Waals surface area contributed by atoms with Crippen molar-refractivity contribution in [2.75, 3.05) is 23.9 Å². The molecule has 1 aromatic carbocycles. The highest BCUT2D eigenvalue weighted by Gasteiger charge is 2.25. The number of carboxylic acid groups (broad SMARTS) is 1. The number of amides is 1. The molecule has 0 radical (unpaired) electrons. The molecule has 0 fully saturated rings. The molecule has 0 saturated carbocycles. The molecule has 27 heavy (non-hydrogen) atoms. The van der Waals surface area contributed by atoms with Crippen LogP contribution in [0.15, 0.2) is 24.3 Å². The lowest BCUT2D eigenvalue weighted by molar-refractivity contribution is -0.138. The van der Waals surface area contributed by atoms with Gasteiger partial charge in [0, 0.05) is 17.8 Å². The summed E-state index contributed by atoms with van der Waals surface area (Å²) < 4.78 is 30.3. The molecule has 1 amide bonds. The molecule has 0 saturated heterocycles. The first kappa shape index (κ1) is 21.1. The van der Waals surface area contributed by atoms with E-state index in [1.54, 1.807) is 32.9 Å². The summed E-state index contributed by atoms with van der Waals surface area (Å²) >= 11 is -1.45. The lowest BCUT2D eigenvalue weighted by Gasteiger charge is -2.29. The van der Waals surface area contributed by atoms with E-state index in [2.05, 4.69) is 4.98 Å². The van der Waals surface area contributed by atoms with Gasteiger partial charge in [0.1, 0.15) is 12.1 Å². The smallest absolute Gasteiger partial charge is 0.410 e. The molecule has 1 unspecified atom stereocenters. The van der Waals surface area contributed by atoms with Crippen molar-refractivity contribution in [2.45, 2.75) is 26.4 Å². The first-order chi connectivity index (χ1) is 12.6. The second kappa shape index (κ2) is 8.63. The molecule has 0 aliphatic rings. The quantitative estimate of drug-likeness (QED) is 0.689. The Hall–Kier alpha value is -2.24. The highest BCUT2D eigenvalue weighted by molar-refractivity contribution is 7.81. The zero-order chi connectivity index (χ0) is 20.2. The summed E-state index contributed by atoms with van der Waals surface area (Å²) in [4.78, 5) is 28.5. The van der Waals surface area contributed by atoms with Crippen LogP contribution in [-0.2, 0) is 20.8 Å². The van der Waals surface area contributed by atoms with E-state index in [0.29, 0.717) is 5.52 Å². The maximum atomic E-state index is 12.2. The third kappa shape index (κ3) is 6.15. The number of fused-ring (bicyclic) bond motifs is 1. The minimum atomic E-state index is -2.64. The van der Waals surface area contributed by atoms with E-state index in [-0.39, 0.29) is 18.2 Å². The Morgan fingerprint density at radius 3 is 2.52 bits per heavy atom. The molecule has 2 rings (SSSR count). The van der Waals surface area contributed by atoms with Crippen LogP contribution in [0.25, 0.3) is 10.2 Å². The number of para-hydroxylation sites is 1. The number of aliphatic carboxylic acids is 1. The Balaban J connectivity index is 2.16. The van der Waals surface area contributed by atoms with E-state index in [1.807, 2.05) is 12.1 Å². The van der Waals surface area contributed by atoms with Crippen LogP contribution in [0.4, 0.5) is 9.93 Å². The van der Waals surface area contributed by atoms with E-state index in [0.717, 1.165) is 13.9 Å². The Kier molecular flexibility index (Phi) is 6.73. The second-order valence-electron chi connectivity index (χ2n) is 6.58. The summed E-state index contributed by atoms with van der Waals surface area (Å²) in [6.45, 7) is 4.06. The van der Waals surface area contributed by atoms with Crippen molar-refractivity contribution in [3.05, 3.63) is 24.3 Å². The minimum Gasteiger partial charge on any atom is -0.755 e. The van der Waals surface area contributed by atoms with Gasteiger partial charge >= 0.3 is 12.1 Å².